The molecule has 1 aromatic carbocycles. The highest BCUT2D eigenvalue weighted by molar-refractivity contribution is 14.1. The minimum Gasteiger partial charge on any atom is -0.207 e. The molecule has 0 spiro atoms. The fraction of sp³-hybridized carbons (Fsp3) is 0. The Balaban J connectivity index is 3.47. The van der Waals surface area contributed by atoms with Gasteiger partial charge in [0.15, 0.2) is 0 Å². The Labute approximate surface area is 97.0 Å². The molecule has 6 heteroatoms. The van der Waals surface area contributed by atoms with Crippen molar-refractivity contribution in [3.8, 4) is 0 Å². The summed E-state index contributed by atoms with van der Waals surface area (Å²) in [6.45, 7) is 0. The summed E-state index contributed by atoms with van der Waals surface area (Å²) >= 11 is 5.13. The van der Waals surface area contributed by atoms with Crippen molar-refractivity contribution >= 4 is 58.3 Å². The molecule has 0 N–H and O–H groups in total. The fourth-order valence-electron chi connectivity index (χ4n) is 0.672. The van der Waals surface area contributed by atoms with Gasteiger partial charge in [0.25, 0.3) is 9.05 Å². The summed E-state index contributed by atoms with van der Waals surface area (Å²) in [7, 11) is 1.56. The van der Waals surface area contributed by atoms with Gasteiger partial charge in [0.2, 0.25) is 0 Å². The van der Waals surface area contributed by atoms with E-state index < -0.39 is 9.05 Å². The molecule has 12 heavy (non-hydrogen) atoms. The SMILES string of the molecule is O=S(=O)(Cl)c1cccc(Br)c1I. The Morgan fingerprint density at radius 3 is 2.42 bits per heavy atom. The number of halogens is 3. The molecule has 0 aliphatic carbocycles. The Morgan fingerprint density at radius 1 is 1.42 bits per heavy atom. The second kappa shape index (κ2) is 3.81. The molecule has 0 aromatic heterocycles. The van der Waals surface area contributed by atoms with Gasteiger partial charge in [-0.15, -0.1) is 0 Å². The first kappa shape index (κ1) is 10.7. The van der Waals surface area contributed by atoms with Crippen molar-refractivity contribution in [2.45, 2.75) is 4.90 Å². The van der Waals surface area contributed by atoms with Gasteiger partial charge in [-0.2, -0.15) is 0 Å². The van der Waals surface area contributed by atoms with E-state index >= 15 is 0 Å². The quantitative estimate of drug-likeness (QED) is 0.554. The average molecular weight is 381 g/mol. The summed E-state index contributed by atoms with van der Waals surface area (Å²) in [4.78, 5) is 0.138. The predicted octanol–water partition coefficient (Wildman–Crippen LogP) is 2.98. The Kier molecular flexibility index (Phi) is 3.41. The van der Waals surface area contributed by atoms with Crippen molar-refractivity contribution in [1.82, 2.24) is 0 Å². The van der Waals surface area contributed by atoms with E-state index in [-0.39, 0.29) is 4.90 Å². The maximum Gasteiger partial charge on any atom is 0.262 e. The maximum absolute atomic E-state index is 10.9. The van der Waals surface area contributed by atoms with E-state index in [1.54, 1.807) is 12.1 Å². The molecule has 0 fully saturated rings. The van der Waals surface area contributed by atoms with Gasteiger partial charge in [-0.05, 0) is 50.7 Å². The predicted molar refractivity (Wildman–Crippen MR) is 59.9 cm³/mol. The number of rotatable bonds is 1. The first-order valence-corrected chi connectivity index (χ1v) is 6.99. The molecule has 0 amide bonds. The lowest BCUT2D eigenvalue weighted by Gasteiger charge is -2.00. The van der Waals surface area contributed by atoms with Crippen LogP contribution in [0.4, 0.5) is 0 Å². The van der Waals surface area contributed by atoms with Gasteiger partial charge in [-0.25, -0.2) is 8.42 Å². The lowest BCUT2D eigenvalue weighted by Crippen LogP contribution is -1.94. The normalized spacial score (nSPS) is 11.6. The van der Waals surface area contributed by atoms with Crippen molar-refractivity contribution in [3.05, 3.63) is 26.2 Å². The summed E-state index contributed by atoms with van der Waals surface area (Å²) in [6.07, 6.45) is 0. The van der Waals surface area contributed by atoms with Crippen LogP contribution in [0, 0.1) is 3.57 Å². The third-order valence-corrected chi connectivity index (χ3v) is 5.47. The Bertz CT molecular complexity index is 404. The summed E-state index contributed by atoms with van der Waals surface area (Å²) in [5.74, 6) is 0. The lowest BCUT2D eigenvalue weighted by molar-refractivity contribution is 0.609. The van der Waals surface area contributed by atoms with Crippen LogP contribution in [0.25, 0.3) is 0 Å². The molecule has 0 unspecified atom stereocenters. The molecular weight excluding hydrogens is 378 g/mol. The first-order valence-electron chi connectivity index (χ1n) is 2.81. The summed E-state index contributed by atoms with van der Waals surface area (Å²) in [5.41, 5.74) is 0. The van der Waals surface area contributed by atoms with Crippen LogP contribution in [-0.2, 0) is 9.05 Å². The third kappa shape index (κ3) is 2.34. The smallest absolute Gasteiger partial charge is 0.207 e. The van der Waals surface area contributed by atoms with E-state index in [4.69, 9.17) is 10.7 Å². The van der Waals surface area contributed by atoms with Crippen LogP contribution >= 0.6 is 49.2 Å². The van der Waals surface area contributed by atoms with Crippen molar-refractivity contribution in [2.75, 3.05) is 0 Å². The standard InChI is InChI=1S/C6H3BrClIO2S/c7-4-2-1-3-5(6(4)9)12(8,10)11/h1-3H. The zero-order valence-electron chi connectivity index (χ0n) is 5.59. The summed E-state index contributed by atoms with van der Waals surface area (Å²) in [6, 6.07) is 4.85. The topological polar surface area (TPSA) is 34.1 Å². The largest absolute Gasteiger partial charge is 0.262 e. The molecule has 0 radical (unpaired) electrons. The number of hydrogen-bond donors (Lipinski definition) is 0. The molecule has 0 heterocycles. The van der Waals surface area contributed by atoms with Crippen LogP contribution in [0.15, 0.2) is 27.6 Å². The molecular formula is C6H3BrClIO2S. The second-order valence-electron chi connectivity index (χ2n) is 1.99. The zero-order valence-corrected chi connectivity index (χ0v) is 10.9. The van der Waals surface area contributed by atoms with Crippen LogP contribution in [0.5, 0.6) is 0 Å². The van der Waals surface area contributed by atoms with Crippen LogP contribution in [0.2, 0.25) is 0 Å². The van der Waals surface area contributed by atoms with Gasteiger partial charge in [0.05, 0.1) is 4.90 Å². The molecule has 0 aliphatic rings. The Hall–Kier alpha value is 0.670. The van der Waals surface area contributed by atoms with E-state index in [9.17, 15) is 8.42 Å². The van der Waals surface area contributed by atoms with E-state index in [1.165, 1.54) is 6.07 Å². The van der Waals surface area contributed by atoms with Crippen molar-refractivity contribution in [3.63, 3.8) is 0 Å². The van der Waals surface area contributed by atoms with Crippen LogP contribution in [0.1, 0.15) is 0 Å². The average Bonchev–Trinajstić information content (AvgIpc) is 1.92. The Morgan fingerprint density at radius 2 is 2.00 bits per heavy atom. The molecule has 1 aromatic rings. The summed E-state index contributed by atoms with van der Waals surface area (Å²) < 4.78 is 23.2. The third-order valence-electron chi connectivity index (χ3n) is 1.18. The first-order chi connectivity index (χ1) is 5.43. The highest BCUT2D eigenvalue weighted by Crippen LogP contribution is 2.27. The van der Waals surface area contributed by atoms with Crippen molar-refractivity contribution in [2.24, 2.45) is 0 Å². The van der Waals surface area contributed by atoms with Gasteiger partial charge in [0.1, 0.15) is 0 Å². The second-order valence-corrected chi connectivity index (χ2v) is 6.46. The molecule has 0 aliphatic heterocycles. The molecule has 0 saturated carbocycles. The molecule has 0 bridgehead atoms. The molecule has 1 rings (SSSR count). The molecule has 0 atom stereocenters. The molecule has 0 saturated heterocycles. The lowest BCUT2D eigenvalue weighted by atomic mass is 10.4. The van der Waals surface area contributed by atoms with E-state index in [0.717, 1.165) is 4.47 Å². The van der Waals surface area contributed by atoms with Gasteiger partial charge < -0.3 is 0 Å². The van der Waals surface area contributed by atoms with Gasteiger partial charge in [0, 0.05) is 18.7 Å². The van der Waals surface area contributed by atoms with Crippen LogP contribution in [0.3, 0.4) is 0 Å². The zero-order chi connectivity index (χ0) is 9.35. The van der Waals surface area contributed by atoms with Crippen molar-refractivity contribution < 1.29 is 8.42 Å². The van der Waals surface area contributed by atoms with Crippen molar-refractivity contribution in [1.29, 1.82) is 0 Å². The van der Waals surface area contributed by atoms with Crippen LogP contribution in [-0.4, -0.2) is 8.42 Å². The highest BCUT2D eigenvalue weighted by Gasteiger charge is 2.15. The van der Waals surface area contributed by atoms with E-state index in [2.05, 4.69) is 15.9 Å². The summed E-state index contributed by atoms with van der Waals surface area (Å²) in [5, 5.41) is 0. The van der Waals surface area contributed by atoms with E-state index in [0.29, 0.717) is 3.57 Å². The monoisotopic (exact) mass is 380 g/mol. The minimum absolute atomic E-state index is 0.138. The van der Waals surface area contributed by atoms with Gasteiger partial charge in [-0.1, -0.05) is 6.07 Å². The molecule has 66 valence electrons. The van der Waals surface area contributed by atoms with Crippen LogP contribution < -0.4 is 0 Å². The van der Waals surface area contributed by atoms with E-state index in [1.807, 2.05) is 22.6 Å². The highest BCUT2D eigenvalue weighted by atomic mass is 127. The van der Waals surface area contributed by atoms with Gasteiger partial charge in [-0.3, -0.25) is 0 Å². The minimum atomic E-state index is -3.62. The fourth-order valence-corrected chi connectivity index (χ4v) is 3.74. The number of hydrogen-bond acceptors (Lipinski definition) is 2. The molecule has 2 nitrogen and oxygen atoms in total. The van der Waals surface area contributed by atoms with Gasteiger partial charge >= 0.3 is 0 Å². The maximum atomic E-state index is 10.9. The number of benzene rings is 1.